The fourth-order valence-corrected chi connectivity index (χ4v) is 3.43. The molecule has 3 heterocycles. The van der Waals surface area contributed by atoms with Crippen LogP contribution >= 0.6 is 0 Å². The second kappa shape index (κ2) is 4.48. The summed E-state index contributed by atoms with van der Waals surface area (Å²) in [7, 11) is -3.92. The Labute approximate surface area is 115 Å². The molecule has 0 radical (unpaired) electrons. The lowest BCUT2D eigenvalue weighted by atomic mass is 10.2. The Bertz CT molecular complexity index is 772. The van der Waals surface area contributed by atoms with Gasteiger partial charge in [-0.1, -0.05) is 0 Å². The average Bonchev–Trinajstić information content (AvgIpc) is 3.01. The van der Waals surface area contributed by atoms with Crippen LogP contribution in [0, 0.1) is 6.92 Å². The lowest BCUT2D eigenvalue weighted by Gasteiger charge is -2.07. The number of fused-ring (bicyclic) bond motifs is 1. The van der Waals surface area contributed by atoms with Crippen molar-refractivity contribution < 1.29 is 17.6 Å². The molecule has 1 aliphatic heterocycles. The number of carbonyl (C=O) groups is 1. The van der Waals surface area contributed by atoms with Gasteiger partial charge in [-0.3, -0.25) is 4.79 Å². The number of furan rings is 1. The predicted octanol–water partition coefficient (Wildman–Crippen LogP) is 0.849. The third kappa shape index (κ3) is 2.01. The Morgan fingerprint density at radius 3 is 3.00 bits per heavy atom. The highest BCUT2D eigenvalue weighted by atomic mass is 32.2. The first-order valence-electron chi connectivity index (χ1n) is 6.15. The van der Waals surface area contributed by atoms with E-state index in [1.807, 2.05) is 4.72 Å². The third-order valence-electron chi connectivity index (χ3n) is 3.29. The molecule has 2 aromatic heterocycles. The molecule has 1 N–H and O–H groups in total. The van der Waals surface area contributed by atoms with Crippen LogP contribution in [-0.2, 0) is 23.0 Å². The van der Waals surface area contributed by atoms with Crippen LogP contribution in [0.15, 0.2) is 28.0 Å². The molecular weight excluding hydrogens is 282 g/mol. The van der Waals surface area contributed by atoms with E-state index >= 15 is 0 Å². The van der Waals surface area contributed by atoms with E-state index in [4.69, 9.17) is 4.42 Å². The predicted molar refractivity (Wildman–Crippen MR) is 68.6 cm³/mol. The summed E-state index contributed by atoms with van der Waals surface area (Å²) >= 11 is 0. The first kappa shape index (κ1) is 12.9. The quantitative estimate of drug-likeness (QED) is 0.906. The molecular formula is C12H13N3O4S. The van der Waals surface area contributed by atoms with Crippen LogP contribution in [0.3, 0.4) is 0 Å². The second-order valence-electron chi connectivity index (χ2n) is 4.59. The van der Waals surface area contributed by atoms with Crippen LogP contribution in [0.5, 0.6) is 0 Å². The number of amides is 1. The van der Waals surface area contributed by atoms with Crippen molar-refractivity contribution >= 4 is 15.9 Å². The highest BCUT2D eigenvalue weighted by molar-refractivity contribution is 7.90. The molecule has 0 saturated heterocycles. The molecule has 20 heavy (non-hydrogen) atoms. The largest absolute Gasteiger partial charge is 0.469 e. The van der Waals surface area contributed by atoms with Crippen molar-refractivity contribution in [2.75, 3.05) is 0 Å². The van der Waals surface area contributed by atoms with Crippen molar-refractivity contribution in [3.63, 3.8) is 0 Å². The lowest BCUT2D eigenvalue weighted by Crippen LogP contribution is -2.32. The molecule has 7 nitrogen and oxygen atoms in total. The van der Waals surface area contributed by atoms with Crippen molar-refractivity contribution in [2.24, 2.45) is 0 Å². The Kier molecular flexibility index (Phi) is 2.89. The molecule has 1 amide bonds. The Hall–Kier alpha value is -2.09. The molecule has 0 fully saturated rings. The summed E-state index contributed by atoms with van der Waals surface area (Å²) in [5, 5.41) is 0.0273. The zero-order valence-corrected chi connectivity index (χ0v) is 11.6. The van der Waals surface area contributed by atoms with Gasteiger partial charge in [0, 0.05) is 13.0 Å². The highest BCUT2D eigenvalue weighted by Gasteiger charge is 2.27. The van der Waals surface area contributed by atoms with Crippen molar-refractivity contribution in [2.45, 2.75) is 31.3 Å². The minimum atomic E-state index is -3.92. The number of aryl methyl sites for hydroxylation is 2. The number of carbonyl (C=O) groups excluding carboxylic acids is 1. The molecule has 0 bridgehead atoms. The van der Waals surface area contributed by atoms with Gasteiger partial charge in [0.2, 0.25) is 0 Å². The normalized spacial score (nSPS) is 14.2. The number of hydrogen-bond donors (Lipinski definition) is 1. The maximum Gasteiger partial charge on any atom is 0.281 e. The Morgan fingerprint density at radius 1 is 1.50 bits per heavy atom. The van der Waals surface area contributed by atoms with Crippen molar-refractivity contribution in [3.05, 3.63) is 35.7 Å². The van der Waals surface area contributed by atoms with E-state index in [1.165, 1.54) is 18.5 Å². The molecule has 0 unspecified atom stereocenters. The van der Waals surface area contributed by atoms with Gasteiger partial charge < -0.3 is 8.98 Å². The number of rotatable bonds is 3. The minimum Gasteiger partial charge on any atom is -0.469 e. The van der Waals surface area contributed by atoms with E-state index in [-0.39, 0.29) is 10.6 Å². The Morgan fingerprint density at radius 2 is 2.30 bits per heavy atom. The topological polar surface area (TPSA) is 94.2 Å². The van der Waals surface area contributed by atoms with E-state index in [1.54, 1.807) is 11.5 Å². The summed E-state index contributed by atoms with van der Waals surface area (Å²) in [5.74, 6) is 0.401. The van der Waals surface area contributed by atoms with E-state index in [0.717, 1.165) is 18.7 Å². The van der Waals surface area contributed by atoms with Gasteiger partial charge in [-0.25, -0.2) is 9.71 Å². The smallest absolute Gasteiger partial charge is 0.281 e. The zero-order chi connectivity index (χ0) is 14.3. The van der Waals surface area contributed by atoms with Gasteiger partial charge in [0.1, 0.15) is 11.6 Å². The van der Waals surface area contributed by atoms with Crippen molar-refractivity contribution in [1.29, 1.82) is 0 Å². The fraction of sp³-hybridized carbons (Fsp3) is 0.333. The molecule has 8 heteroatoms. The summed E-state index contributed by atoms with van der Waals surface area (Å²) in [6, 6.07) is 1.43. The summed E-state index contributed by atoms with van der Waals surface area (Å²) < 4.78 is 33.2. The number of nitrogens with zero attached hydrogens (tertiary/aromatic N) is 2. The summed E-state index contributed by atoms with van der Waals surface area (Å²) in [5.41, 5.74) is 0.203. The number of sulfonamides is 1. The third-order valence-corrected chi connectivity index (χ3v) is 4.62. The van der Waals surface area contributed by atoms with Crippen molar-refractivity contribution in [3.8, 4) is 0 Å². The van der Waals surface area contributed by atoms with Crippen LogP contribution in [0.4, 0.5) is 0 Å². The number of hydrogen-bond acceptors (Lipinski definition) is 5. The van der Waals surface area contributed by atoms with E-state index in [9.17, 15) is 13.2 Å². The monoisotopic (exact) mass is 295 g/mol. The maximum atomic E-state index is 12.2. The number of imidazole rings is 1. The molecule has 0 aliphatic carbocycles. The van der Waals surface area contributed by atoms with Gasteiger partial charge >= 0.3 is 0 Å². The number of nitrogens with one attached hydrogen (secondary N) is 1. The molecule has 1 aliphatic rings. The van der Waals surface area contributed by atoms with Crippen LogP contribution in [-0.4, -0.2) is 23.9 Å². The minimum absolute atomic E-state index is 0.0273. The highest BCUT2D eigenvalue weighted by Crippen LogP contribution is 2.20. The van der Waals surface area contributed by atoms with Gasteiger partial charge in [0.15, 0.2) is 5.03 Å². The first-order valence-corrected chi connectivity index (χ1v) is 7.63. The van der Waals surface area contributed by atoms with Crippen LogP contribution in [0.25, 0.3) is 0 Å². The first-order chi connectivity index (χ1) is 9.49. The maximum absolute atomic E-state index is 12.2. The van der Waals surface area contributed by atoms with Crippen molar-refractivity contribution in [1.82, 2.24) is 14.3 Å². The summed E-state index contributed by atoms with van der Waals surface area (Å²) in [6.07, 6.45) is 4.24. The van der Waals surface area contributed by atoms with E-state index in [0.29, 0.717) is 12.3 Å². The fourth-order valence-electron chi connectivity index (χ4n) is 2.29. The molecule has 2 aromatic rings. The SMILES string of the molecule is Cc1occc1C(=O)NS(=O)(=O)c1cnc2n1CCC2. The van der Waals surface area contributed by atoms with Gasteiger partial charge in [-0.05, 0) is 19.4 Å². The lowest BCUT2D eigenvalue weighted by molar-refractivity contribution is 0.0980. The molecule has 0 spiro atoms. The van der Waals surface area contributed by atoms with Crippen LogP contribution < -0.4 is 4.72 Å². The van der Waals surface area contributed by atoms with Gasteiger partial charge in [0.05, 0.1) is 18.0 Å². The zero-order valence-electron chi connectivity index (χ0n) is 10.8. The molecule has 106 valence electrons. The van der Waals surface area contributed by atoms with E-state index < -0.39 is 15.9 Å². The average molecular weight is 295 g/mol. The van der Waals surface area contributed by atoms with Crippen LogP contribution in [0.1, 0.15) is 28.4 Å². The second-order valence-corrected chi connectivity index (χ2v) is 6.22. The molecule has 0 atom stereocenters. The molecule has 3 rings (SSSR count). The van der Waals surface area contributed by atoms with Gasteiger partial charge in [-0.15, -0.1) is 0 Å². The summed E-state index contributed by atoms with van der Waals surface area (Å²) in [6.45, 7) is 2.20. The van der Waals surface area contributed by atoms with Gasteiger partial charge in [0.25, 0.3) is 15.9 Å². The van der Waals surface area contributed by atoms with Gasteiger partial charge in [-0.2, -0.15) is 8.42 Å². The molecule has 0 aromatic carbocycles. The number of aromatic nitrogens is 2. The standard InChI is InChI=1S/C12H13N3O4S/c1-8-9(4-6-19-8)12(16)14-20(17,18)11-7-13-10-3-2-5-15(10)11/h4,6-7H,2-3,5H2,1H3,(H,14,16). The summed E-state index contributed by atoms with van der Waals surface area (Å²) in [4.78, 5) is 16.0. The molecule has 0 saturated carbocycles. The Balaban J connectivity index is 1.90. The van der Waals surface area contributed by atoms with E-state index in [2.05, 4.69) is 4.98 Å². The van der Waals surface area contributed by atoms with Crippen LogP contribution in [0.2, 0.25) is 0 Å².